The van der Waals surface area contributed by atoms with Crippen LogP contribution in [0.15, 0.2) is 23.2 Å². The average molecular weight is 269 g/mol. The molecule has 0 aliphatic carbocycles. The zero-order chi connectivity index (χ0) is 13.7. The van der Waals surface area contributed by atoms with Crippen molar-refractivity contribution in [3.05, 3.63) is 23.8 Å². The molecular formula is C12H13F2N3O2. The predicted octanol–water partition coefficient (Wildman–Crippen LogP) is 1.23. The second-order valence-electron chi connectivity index (χ2n) is 4.64. The van der Waals surface area contributed by atoms with E-state index < -0.39 is 18.1 Å². The first-order valence-corrected chi connectivity index (χ1v) is 5.84. The summed E-state index contributed by atoms with van der Waals surface area (Å²) in [7, 11) is 0. The number of hydrogen-bond donors (Lipinski definition) is 2. The third kappa shape index (κ3) is 1.61. The average Bonchev–Trinajstić information content (AvgIpc) is 2.36. The monoisotopic (exact) mass is 269 g/mol. The summed E-state index contributed by atoms with van der Waals surface area (Å²) in [6.07, 6.45) is -0.00727. The number of amidine groups is 1. The van der Waals surface area contributed by atoms with Crippen molar-refractivity contribution in [2.24, 2.45) is 10.7 Å². The third-order valence-electron chi connectivity index (χ3n) is 3.45. The van der Waals surface area contributed by atoms with Gasteiger partial charge in [-0.15, -0.1) is 0 Å². The molecule has 1 aromatic rings. The van der Waals surface area contributed by atoms with Gasteiger partial charge < -0.3 is 20.9 Å². The number of alkyl halides is 2. The van der Waals surface area contributed by atoms with Crippen molar-refractivity contribution >= 4 is 11.7 Å². The molecule has 0 unspecified atom stereocenters. The molecule has 3 rings (SSSR count). The van der Waals surface area contributed by atoms with Crippen LogP contribution in [0.3, 0.4) is 0 Å². The Morgan fingerprint density at radius 2 is 2.05 bits per heavy atom. The molecule has 0 aromatic heterocycles. The summed E-state index contributed by atoms with van der Waals surface area (Å²) in [5, 5.41) is 0. The van der Waals surface area contributed by atoms with Gasteiger partial charge in [-0.1, -0.05) is 0 Å². The molecule has 1 aromatic carbocycles. The predicted molar refractivity (Wildman–Crippen MR) is 65.2 cm³/mol. The molecule has 5 nitrogen and oxygen atoms in total. The van der Waals surface area contributed by atoms with Crippen LogP contribution in [0.1, 0.15) is 12.0 Å². The Hall–Kier alpha value is -2.05. The highest BCUT2D eigenvalue weighted by atomic mass is 19.3. The van der Waals surface area contributed by atoms with Crippen LogP contribution in [0.4, 0.5) is 14.5 Å². The van der Waals surface area contributed by atoms with Crippen LogP contribution in [0, 0.1) is 0 Å². The minimum absolute atomic E-state index is 0.00727. The maximum atomic E-state index is 14.3. The number of rotatable bonds is 0. The molecule has 0 amide bonds. The van der Waals surface area contributed by atoms with Crippen molar-refractivity contribution in [3.63, 3.8) is 0 Å². The Labute approximate surface area is 108 Å². The summed E-state index contributed by atoms with van der Waals surface area (Å²) in [4.78, 5) is 3.48. The van der Waals surface area contributed by atoms with E-state index in [1.54, 1.807) is 12.1 Å². The zero-order valence-electron chi connectivity index (χ0n) is 10.0. The normalized spacial score (nSPS) is 28.0. The Balaban J connectivity index is 2.21. The van der Waals surface area contributed by atoms with E-state index in [-0.39, 0.29) is 24.6 Å². The molecule has 1 atom stereocenters. The van der Waals surface area contributed by atoms with E-state index in [1.165, 1.54) is 6.07 Å². The number of benzene rings is 1. The topological polar surface area (TPSA) is 82.9 Å². The summed E-state index contributed by atoms with van der Waals surface area (Å²) in [6.45, 7) is -0.577. The SMILES string of the molecule is NC1=NCC(F)(F)[C@]2(CCOc3ccc(N)cc32)O1. The molecule has 102 valence electrons. The van der Waals surface area contributed by atoms with Crippen LogP contribution in [0.25, 0.3) is 0 Å². The lowest BCUT2D eigenvalue weighted by Crippen LogP contribution is -2.57. The highest BCUT2D eigenvalue weighted by molar-refractivity contribution is 5.73. The fraction of sp³-hybridized carbons (Fsp3) is 0.417. The van der Waals surface area contributed by atoms with Gasteiger partial charge in [-0.25, -0.2) is 4.99 Å². The number of hydrogen-bond acceptors (Lipinski definition) is 5. The van der Waals surface area contributed by atoms with E-state index in [0.717, 1.165) is 0 Å². The first-order chi connectivity index (χ1) is 8.95. The third-order valence-corrected chi connectivity index (χ3v) is 3.45. The van der Waals surface area contributed by atoms with Gasteiger partial charge in [-0.3, -0.25) is 0 Å². The van der Waals surface area contributed by atoms with E-state index in [0.29, 0.717) is 11.4 Å². The molecule has 0 radical (unpaired) electrons. The van der Waals surface area contributed by atoms with Crippen LogP contribution >= 0.6 is 0 Å². The van der Waals surface area contributed by atoms with Crippen molar-refractivity contribution in [2.45, 2.75) is 17.9 Å². The van der Waals surface area contributed by atoms with Crippen LogP contribution in [-0.2, 0) is 10.3 Å². The van der Waals surface area contributed by atoms with Crippen molar-refractivity contribution in [1.82, 2.24) is 0 Å². The fourth-order valence-electron chi connectivity index (χ4n) is 2.50. The molecule has 1 spiro atoms. The second kappa shape index (κ2) is 3.72. The van der Waals surface area contributed by atoms with Gasteiger partial charge >= 0.3 is 5.92 Å². The van der Waals surface area contributed by atoms with Gasteiger partial charge in [0.15, 0.2) is 0 Å². The molecular weight excluding hydrogens is 256 g/mol. The molecule has 0 saturated carbocycles. The van der Waals surface area contributed by atoms with Gasteiger partial charge in [-0.2, -0.15) is 8.78 Å². The Morgan fingerprint density at radius 3 is 2.84 bits per heavy atom. The molecule has 19 heavy (non-hydrogen) atoms. The highest BCUT2D eigenvalue weighted by Gasteiger charge is 2.61. The summed E-state index contributed by atoms with van der Waals surface area (Å²) in [6, 6.07) is 4.37. The lowest BCUT2D eigenvalue weighted by Gasteiger charge is -2.44. The van der Waals surface area contributed by atoms with Crippen LogP contribution in [0.5, 0.6) is 5.75 Å². The van der Waals surface area contributed by atoms with Crippen molar-refractivity contribution in [3.8, 4) is 5.75 Å². The number of nitrogens with zero attached hydrogens (tertiary/aromatic N) is 1. The number of anilines is 1. The van der Waals surface area contributed by atoms with Gasteiger partial charge in [-0.05, 0) is 18.2 Å². The Kier molecular flexibility index (Phi) is 2.35. The van der Waals surface area contributed by atoms with Gasteiger partial charge in [0.2, 0.25) is 5.60 Å². The number of halogens is 2. The highest BCUT2D eigenvalue weighted by Crippen LogP contribution is 2.51. The molecule has 0 saturated heterocycles. The maximum absolute atomic E-state index is 14.3. The quantitative estimate of drug-likeness (QED) is 0.694. The van der Waals surface area contributed by atoms with Gasteiger partial charge in [0, 0.05) is 17.7 Å². The molecule has 0 fully saturated rings. The summed E-state index contributed by atoms with van der Waals surface area (Å²) in [5.41, 5.74) is 9.90. The van der Waals surface area contributed by atoms with Crippen molar-refractivity contribution in [1.29, 1.82) is 0 Å². The number of nitrogen functional groups attached to an aromatic ring is 1. The van der Waals surface area contributed by atoms with Crippen LogP contribution in [-0.4, -0.2) is 25.1 Å². The second-order valence-corrected chi connectivity index (χ2v) is 4.64. The van der Waals surface area contributed by atoms with Crippen LogP contribution < -0.4 is 16.2 Å². The lowest BCUT2D eigenvalue weighted by atomic mass is 9.81. The summed E-state index contributed by atoms with van der Waals surface area (Å²) in [5.74, 6) is -2.82. The molecule has 0 bridgehead atoms. The lowest BCUT2D eigenvalue weighted by molar-refractivity contribution is -0.194. The molecule has 2 aliphatic rings. The van der Waals surface area contributed by atoms with E-state index >= 15 is 0 Å². The van der Waals surface area contributed by atoms with Gasteiger partial charge in [0.05, 0.1) is 6.61 Å². The molecule has 2 heterocycles. The summed E-state index contributed by atoms with van der Waals surface area (Å²) < 4.78 is 39.3. The van der Waals surface area contributed by atoms with E-state index in [9.17, 15) is 8.78 Å². The van der Waals surface area contributed by atoms with Crippen molar-refractivity contribution in [2.75, 3.05) is 18.9 Å². The maximum Gasteiger partial charge on any atom is 0.310 e. The smallest absolute Gasteiger partial charge is 0.310 e. The van der Waals surface area contributed by atoms with E-state index in [2.05, 4.69) is 4.99 Å². The Bertz CT molecular complexity index is 562. The number of ether oxygens (including phenoxy) is 2. The Morgan fingerprint density at radius 1 is 1.26 bits per heavy atom. The first kappa shape index (κ1) is 12.0. The number of aliphatic imine (C=N–C) groups is 1. The first-order valence-electron chi connectivity index (χ1n) is 5.84. The zero-order valence-corrected chi connectivity index (χ0v) is 10.0. The van der Waals surface area contributed by atoms with Crippen molar-refractivity contribution < 1.29 is 18.3 Å². The number of nitrogens with two attached hydrogens (primary N) is 2. The fourth-order valence-corrected chi connectivity index (χ4v) is 2.50. The molecule has 2 aliphatic heterocycles. The minimum atomic E-state index is -3.16. The van der Waals surface area contributed by atoms with Gasteiger partial charge in [0.1, 0.15) is 12.3 Å². The number of fused-ring (bicyclic) bond motifs is 2. The largest absolute Gasteiger partial charge is 0.493 e. The van der Waals surface area contributed by atoms with E-state index in [4.69, 9.17) is 20.9 Å². The molecule has 4 N–H and O–H groups in total. The van der Waals surface area contributed by atoms with Gasteiger partial charge in [0.25, 0.3) is 6.02 Å². The molecule has 7 heteroatoms. The van der Waals surface area contributed by atoms with E-state index in [1.807, 2.05) is 0 Å². The minimum Gasteiger partial charge on any atom is -0.493 e. The summed E-state index contributed by atoms with van der Waals surface area (Å²) >= 11 is 0. The van der Waals surface area contributed by atoms with Crippen LogP contribution in [0.2, 0.25) is 0 Å². The standard InChI is InChI=1S/C12H13F2N3O2/c13-12(14)6-17-10(16)19-11(12)3-4-18-9-2-1-7(15)5-8(9)11/h1-2,5H,3-4,6,15H2,(H2,16,17)/t11-/m1/s1.